The lowest BCUT2D eigenvalue weighted by Gasteiger charge is -1.93. The van der Waals surface area contributed by atoms with Crippen LogP contribution >= 0.6 is 27.5 Å². The number of furan rings is 1. The monoisotopic (exact) mass is 357 g/mol. The zero-order valence-electron chi connectivity index (χ0n) is 10.2. The van der Waals surface area contributed by atoms with Crippen molar-refractivity contribution >= 4 is 27.5 Å². The summed E-state index contributed by atoms with van der Waals surface area (Å²) >= 11 is 8.86. The molecule has 0 spiro atoms. The van der Waals surface area contributed by atoms with Gasteiger partial charge in [-0.15, -0.1) is 26.9 Å². The van der Waals surface area contributed by atoms with Crippen molar-refractivity contribution < 1.29 is 8.83 Å². The standard InChI is InChI=1S/C11H9BrClN5O2/c12-9-2-1-8(19-9)11-16-15-10(20-11)6-18-5-7(3-4-13)14-17-18/h1-2,5H,3-4,6H2. The minimum atomic E-state index is 0.326. The van der Waals surface area contributed by atoms with Crippen LogP contribution in [-0.4, -0.2) is 31.1 Å². The molecule has 3 rings (SSSR count). The number of aryl methyl sites for hydroxylation is 1. The van der Waals surface area contributed by atoms with Gasteiger partial charge in [-0.2, -0.15) is 0 Å². The average Bonchev–Trinajstić information content (AvgIpc) is 3.12. The van der Waals surface area contributed by atoms with E-state index in [0.29, 0.717) is 41.1 Å². The van der Waals surface area contributed by atoms with E-state index in [1.165, 1.54) is 0 Å². The number of hydrogen-bond acceptors (Lipinski definition) is 6. The van der Waals surface area contributed by atoms with Crippen molar-refractivity contribution in [1.82, 2.24) is 25.2 Å². The number of hydrogen-bond donors (Lipinski definition) is 0. The van der Waals surface area contributed by atoms with E-state index in [4.69, 9.17) is 20.4 Å². The summed E-state index contributed by atoms with van der Waals surface area (Å²) < 4.78 is 13.1. The molecule has 0 aliphatic carbocycles. The van der Waals surface area contributed by atoms with Crippen LogP contribution in [0.1, 0.15) is 11.6 Å². The van der Waals surface area contributed by atoms with Crippen LogP contribution in [0.5, 0.6) is 0 Å². The predicted octanol–water partition coefficient (Wildman–Crippen LogP) is 2.51. The molecule has 0 aromatic carbocycles. The average molecular weight is 359 g/mol. The molecular formula is C11H9BrClN5O2. The number of halogens is 2. The van der Waals surface area contributed by atoms with E-state index in [1.807, 2.05) is 0 Å². The Labute approximate surface area is 127 Å². The van der Waals surface area contributed by atoms with Gasteiger partial charge in [-0.3, -0.25) is 0 Å². The van der Waals surface area contributed by atoms with Crippen LogP contribution in [0.15, 0.2) is 31.8 Å². The molecule has 0 bridgehead atoms. The van der Waals surface area contributed by atoms with E-state index >= 15 is 0 Å². The van der Waals surface area contributed by atoms with E-state index in [1.54, 1.807) is 23.0 Å². The van der Waals surface area contributed by atoms with Gasteiger partial charge in [0.25, 0.3) is 5.89 Å². The molecular weight excluding hydrogens is 350 g/mol. The van der Waals surface area contributed by atoms with Gasteiger partial charge in [-0.25, -0.2) is 4.68 Å². The van der Waals surface area contributed by atoms with Crippen molar-refractivity contribution in [2.75, 3.05) is 5.88 Å². The molecule has 0 atom stereocenters. The fourth-order valence-electron chi connectivity index (χ4n) is 1.61. The third kappa shape index (κ3) is 2.91. The Hall–Kier alpha value is -1.67. The molecule has 0 aliphatic heterocycles. The smallest absolute Gasteiger partial charge is 0.283 e. The fraction of sp³-hybridized carbons (Fsp3) is 0.273. The minimum Gasteiger partial charge on any atom is -0.444 e. The largest absolute Gasteiger partial charge is 0.444 e. The summed E-state index contributed by atoms with van der Waals surface area (Å²) in [5.41, 5.74) is 0.828. The van der Waals surface area contributed by atoms with Crippen LogP contribution in [0.3, 0.4) is 0 Å². The highest BCUT2D eigenvalue weighted by Gasteiger charge is 2.13. The van der Waals surface area contributed by atoms with Crippen molar-refractivity contribution in [1.29, 1.82) is 0 Å². The zero-order chi connectivity index (χ0) is 13.9. The number of rotatable bonds is 5. The van der Waals surface area contributed by atoms with Crippen LogP contribution in [0.4, 0.5) is 0 Å². The molecule has 0 fully saturated rings. The Morgan fingerprint density at radius 3 is 2.85 bits per heavy atom. The number of alkyl halides is 1. The maximum absolute atomic E-state index is 5.65. The van der Waals surface area contributed by atoms with Crippen molar-refractivity contribution in [2.45, 2.75) is 13.0 Å². The first-order chi connectivity index (χ1) is 9.74. The highest BCUT2D eigenvalue weighted by Crippen LogP contribution is 2.23. The predicted molar refractivity (Wildman–Crippen MR) is 73.2 cm³/mol. The van der Waals surface area contributed by atoms with Crippen LogP contribution < -0.4 is 0 Å². The molecule has 3 heterocycles. The summed E-state index contributed by atoms with van der Waals surface area (Å²) in [7, 11) is 0. The Bertz CT molecular complexity index is 707. The van der Waals surface area contributed by atoms with Crippen LogP contribution in [0.2, 0.25) is 0 Å². The Morgan fingerprint density at radius 1 is 1.20 bits per heavy atom. The van der Waals surface area contributed by atoms with Gasteiger partial charge in [-0.1, -0.05) is 5.21 Å². The second-order valence-corrected chi connectivity index (χ2v) is 5.11. The maximum atomic E-state index is 5.65. The lowest BCUT2D eigenvalue weighted by Crippen LogP contribution is -2.00. The second-order valence-electron chi connectivity index (χ2n) is 3.95. The molecule has 0 saturated carbocycles. The first kappa shape index (κ1) is 13.3. The van der Waals surface area contributed by atoms with Crippen LogP contribution in [0, 0.1) is 0 Å². The van der Waals surface area contributed by atoms with Crippen molar-refractivity contribution in [3.63, 3.8) is 0 Å². The topological polar surface area (TPSA) is 82.8 Å². The summed E-state index contributed by atoms with van der Waals surface area (Å²) in [4.78, 5) is 0. The SMILES string of the molecule is ClCCc1cn(Cc2nnc(-c3ccc(Br)o3)o2)nn1. The number of nitrogens with zero attached hydrogens (tertiary/aromatic N) is 5. The minimum absolute atomic E-state index is 0.326. The lowest BCUT2D eigenvalue weighted by molar-refractivity contribution is 0.451. The van der Waals surface area contributed by atoms with E-state index in [0.717, 1.165) is 5.69 Å². The van der Waals surface area contributed by atoms with Crippen molar-refractivity contribution in [3.05, 3.63) is 34.6 Å². The molecule has 104 valence electrons. The van der Waals surface area contributed by atoms with Gasteiger partial charge in [0.1, 0.15) is 6.54 Å². The third-order valence-electron chi connectivity index (χ3n) is 2.48. The van der Waals surface area contributed by atoms with E-state index in [-0.39, 0.29) is 0 Å². The van der Waals surface area contributed by atoms with Crippen LogP contribution in [0.25, 0.3) is 11.7 Å². The van der Waals surface area contributed by atoms with Gasteiger partial charge in [0.2, 0.25) is 5.89 Å². The van der Waals surface area contributed by atoms with E-state index < -0.39 is 0 Å². The molecule has 0 aliphatic rings. The van der Waals surface area contributed by atoms with Gasteiger partial charge >= 0.3 is 0 Å². The van der Waals surface area contributed by atoms with Gasteiger partial charge in [0, 0.05) is 18.5 Å². The normalized spacial score (nSPS) is 11.1. The van der Waals surface area contributed by atoms with E-state index in [9.17, 15) is 0 Å². The summed E-state index contributed by atoms with van der Waals surface area (Å²) in [6.07, 6.45) is 2.48. The highest BCUT2D eigenvalue weighted by atomic mass is 79.9. The second kappa shape index (κ2) is 5.76. The summed E-state index contributed by atoms with van der Waals surface area (Å²) in [5.74, 6) is 1.77. The third-order valence-corrected chi connectivity index (χ3v) is 3.10. The lowest BCUT2D eigenvalue weighted by atomic mass is 10.4. The molecule has 0 N–H and O–H groups in total. The van der Waals surface area contributed by atoms with Gasteiger partial charge < -0.3 is 8.83 Å². The molecule has 0 unspecified atom stereocenters. The van der Waals surface area contributed by atoms with Crippen LogP contribution in [-0.2, 0) is 13.0 Å². The first-order valence-corrected chi connectivity index (χ1v) is 7.10. The molecule has 9 heteroatoms. The maximum Gasteiger partial charge on any atom is 0.283 e. The molecule has 0 saturated heterocycles. The zero-order valence-corrected chi connectivity index (χ0v) is 12.5. The summed E-state index contributed by atoms with van der Waals surface area (Å²) in [5, 5.41) is 15.8. The Balaban J connectivity index is 1.73. The fourth-order valence-corrected chi connectivity index (χ4v) is 2.11. The molecule has 0 amide bonds. The van der Waals surface area contributed by atoms with Crippen molar-refractivity contribution in [3.8, 4) is 11.7 Å². The molecule has 20 heavy (non-hydrogen) atoms. The van der Waals surface area contributed by atoms with Crippen molar-refractivity contribution in [2.24, 2.45) is 0 Å². The summed E-state index contributed by atoms with van der Waals surface area (Å²) in [6.45, 7) is 0.351. The first-order valence-electron chi connectivity index (χ1n) is 5.77. The Kier molecular flexibility index (Phi) is 3.83. The van der Waals surface area contributed by atoms with E-state index in [2.05, 4.69) is 36.4 Å². The molecule has 0 radical (unpaired) electrons. The number of aromatic nitrogens is 5. The molecule has 3 aromatic heterocycles. The van der Waals surface area contributed by atoms with Gasteiger partial charge in [-0.05, 0) is 28.1 Å². The summed E-state index contributed by atoms with van der Waals surface area (Å²) in [6, 6.07) is 3.50. The van der Waals surface area contributed by atoms with Gasteiger partial charge in [0.05, 0.1) is 5.69 Å². The quantitative estimate of drug-likeness (QED) is 0.652. The highest BCUT2D eigenvalue weighted by molar-refractivity contribution is 9.10. The molecule has 3 aromatic rings. The Morgan fingerprint density at radius 2 is 2.10 bits per heavy atom. The van der Waals surface area contributed by atoms with Gasteiger partial charge in [0.15, 0.2) is 10.4 Å². The molecule has 7 nitrogen and oxygen atoms in total.